The molecule has 166 valence electrons. The van der Waals surface area contributed by atoms with Crippen molar-refractivity contribution in [2.24, 2.45) is 0 Å². The van der Waals surface area contributed by atoms with Gasteiger partial charge in [0.1, 0.15) is 5.75 Å². The molecule has 2 aromatic rings. The molecule has 6 nitrogen and oxygen atoms in total. The molecule has 9 heteroatoms. The first-order valence-electron chi connectivity index (χ1n) is 10.2. The summed E-state index contributed by atoms with van der Waals surface area (Å²) in [4.78, 5) is 17.2. The van der Waals surface area contributed by atoms with Crippen molar-refractivity contribution in [3.8, 4) is 5.75 Å². The summed E-state index contributed by atoms with van der Waals surface area (Å²) < 4.78 is 5.41. The lowest BCUT2D eigenvalue weighted by atomic mass is 10.2. The summed E-state index contributed by atoms with van der Waals surface area (Å²) in [5, 5.41) is 7.02. The number of para-hydroxylation sites is 1. The zero-order chi connectivity index (χ0) is 22.4. The number of amides is 1. The van der Waals surface area contributed by atoms with E-state index in [9.17, 15) is 4.79 Å². The van der Waals surface area contributed by atoms with Gasteiger partial charge in [-0.25, -0.2) is 0 Å². The highest BCUT2D eigenvalue weighted by atomic mass is 35.5. The van der Waals surface area contributed by atoms with E-state index >= 15 is 0 Å². The molecule has 0 saturated carbocycles. The van der Waals surface area contributed by atoms with Crippen molar-refractivity contribution in [1.82, 2.24) is 10.2 Å². The molecule has 1 fully saturated rings. The first-order chi connectivity index (χ1) is 14.9. The maximum Gasteiger partial charge on any atom is 0.257 e. The van der Waals surface area contributed by atoms with E-state index in [2.05, 4.69) is 27.4 Å². The molecular formula is C22H26Cl2N4O2S. The van der Waals surface area contributed by atoms with E-state index in [-0.39, 0.29) is 11.0 Å². The van der Waals surface area contributed by atoms with Crippen LogP contribution in [0.15, 0.2) is 36.4 Å². The second-order valence-corrected chi connectivity index (χ2v) is 8.27. The molecule has 0 unspecified atom stereocenters. The van der Waals surface area contributed by atoms with E-state index < -0.39 is 0 Å². The van der Waals surface area contributed by atoms with Crippen LogP contribution in [0.4, 0.5) is 11.4 Å². The highest BCUT2D eigenvalue weighted by Crippen LogP contribution is 2.34. The minimum absolute atomic E-state index is 0.186. The Morgan fingerprint density at radius 2 is 1.84 bits per heavy atom. The van der Waals surface area contributed by atoms with Crippen LogP contribution in [0.2, 0.25) is 10.0 Å². The summed E-state index contributed by atoms with van der Waals surface area (Å²) in [5.41, 5.74) is 2.03. The van der Waals surface area contributed by atoms with Gasteiger partial charge in [0.25, 0.3) is 5.91 Å². The Balaban J connectivity index is 1.69. The molecule has 0 aromatic heterocycles. The van der Waals surface area contributed by atoms with Gasteiger partial charge in [0.05, 0.1) is 28.0 Å². The highest BCUT2D eigenvalue weighted by Gasteiger charge is 2.21. The minimum Gasteiger partial charge on any atom is -0.492 e. The van der Waals surface area contributed by atoms with Gasteiger partial charge in [0, 0.05) is 31.7 Å². The molecule has 0 radical (unpaired) electrons. The van der Waals surface area contributed by atoms with Crippen LogP contribution in [0.1, 0.15) is 24.2 Å². The van der Waals surface area contributed by atoms with E-state index in [1.165, 1.54) is 0 Å². The number of nitrogens with one attached hydrogen (secondary N) is 2. The van der Waals surface area contributed by atoms with Gasteiger partial charge >= 0.3 is 0 Å². The maximum absolute atomic E-state index is 12.6. The Bertz CT molecular complexity index is 949. The van der Waals surface area contributed by atoms with Gasteiger partial charge in [0.2, 0.25) is 0 Å². The van der Waals surface area contributed by atoms with Gasteiger partial charge in [-0.3, -0.25) is 10.1 Å². The molecule has 0 atom stereocenters. The average molecular weight is 481 g/mol. The molecule has 2 N–H and O–H groups in total. The van der Waals surface area contributed by atoms with Gasteiger partial charge in [-0.1, -0.05) is 36.2 Å². The summed E-state index contributed by atoms with van der Waals surface area (Å²) in [7, 11) is 0. The van der Waals surface area contributed by atoms with E-state index in [0.29, 0.717) is 28.0 Å². The van der Waals surface area contributed by atoms with Crippen molar-refractivity contribution in [2.75, 3.05) is 49.5 Å². The van der Waals surface area contributed by atoms with Crippen LogP contribution >= 0.6 is 35.4 Å². The van der Waals surface area contributed by atoms with Crippen LogP contribution < -0.4 is 20.3 Å². The van der Waals surface area contributed by atoms with Crippen LogP contribution in [0.3, 0.4) is 0 Å². The quantitative estimate of drug-likeness (QED) is 0.586. The number of carbonyl (C=O) groups excluding carboxylic acids is 1. The summed E-state index contributed by atoms with van der Waals surface area (Å²) in [6.07, 6.45) is 0. The van der Waals surface area contributed by atoms with Gasteiger partial charge < -0.3 is 19.9 Å². The lowest BCUT2D eigenvalue weighted by Crippen LogP contribution is -2.46. The van der Waals surface area contributed by atoms with E-state index in [1.54, 1.807) is 18.2 Å². The number of likely N-dealkylation sites (N-methyl/N-ethyl adjacent to an activating group) is 1. The summed E-state index contributed by atoms with van der Waals surface area (Å²) in [6, 6.07) is 10.5. The number of thiocarbonyl (C=S) groups is 1. The first kappa shape index (κ1) is 23.6. The van der Waals surface area contributed by atoms with Crippen LogP contribution in [-0.2, 0) is 0 Å². The third kappa shape index (κ3) is 6.01. The molecule has 31 heavy (non-hydrogen) atoms. The molecule has 1 heterocycles. The Morgan fingerprint density at radius 3 is 2.48 bits per heavy atom. The number of halogens is 2. The topological polar surface area (TPSA) is 56.8 Å². The Hall–Kier alpha value is -2.06. The lowest BCUT2D eigenvalue weighted by molar-refractivity contribution is 0.0977. The molecule has 1 saturated heterocycles. The third-order valence-corrected chi connectivity index (χ3v) is 5.90. The number of piperazine rings is 1. The van der Waals surface area contributed by atoms with E-state index in [1.807, 2.05) is 25.1 Å². The normalized spacial score (nSPS) is 14.3. The molecule has 2 aromatic carbocycles. The van der Waals surface area contributed by atoms with E-state index in [0.717, 1.165) is 44.1 Å². The number of benzene rings is 2. The highest BCUT2D eigenvalue weighted by molar-refractivity contribution is 7.80. The van der Waals surface area contributed by atoms with Crippen LogP contribution in [0.5, 0.6) is 5.75 Å². The van der Waals surface area contributed by atoms with Crippen molar-refractivity contribution in [2.45, 2.75) is 13.8 Å². The number of hydrogen-bond donors (Lipinski definition) is 2. The Labute approximate surface area is 198 Å². The van der Waals surface area contributed by atoms with Gasteiger partial charge in [0.15, 0.2) is 5.11 Å². The van der Waals surface area contributed by atoms with Gasteiger partial charge in [-0.2, -0.15) is 0 Å². The van der Waals surface area contributed by atoms with Crippen LogP contribution in [0.25, 0.3) is 0 Å². The number of nitrogens with zero attached hydrogens (tertiary/aromatic N) is 2. The molecule has 0 spiro atoms. The van der Waals surface area contributed by atoms with Crippen LogP contribution in [0, 0.1) is 0 Å². The minimum atomic E-state index is -0.359. The van der Waals surface area contributed by atoms with Crippen molar-refractivity contribution >= 4 is 57.8 Å². The second kappa shape index (κ2) is 11.0. The number of anilines is 2. The predicted molar refractivity (Wildman–Crippen MR) is 132 cm³/mol. The molecule has 3 rings (SSSR count). The van der Waals surface area contributed by atoms with Gasteiger partial charge in [-0.05, 0) is 56.0 Å². The smallest absolute Gasteiger partial charge is 0.257 e. The fourth-order valence-corrected chi connectivity index (χ4v) is 4.20. The van der Waals surface area contributed by atoms with Crippen molar-refractivity contribution in [3.63, 3.8) is 0 Å². The van der Waals surface area contributed by atoms with Crippen LogP contribution in [-0.4, -0.2) is 55.3 Å². The predicted octanol–water partition coefficient (Wildman–Crippen LogP) is 4.66. The number of hydrogen-bond acceptors (Lipinski definition) is 5. The third-order valence-electron chi connectivity index (χ3n) is 5.09. The molecule has 1 amide bonds. The lowest BCUT2D eigenvalue weighted by Gasteiger charge is -2.37. The monoisotopic (exact) mass is 480 g/mol. The average Bonchev–Trinajstić information content (AvgIpc) is 2.75. The maximum atomic E-state index is 12.6. The van der Waals surface area contributed by atoms with Gasteiger partial charge in [-0.15, -0.1) is 0 Å². The zero-order valence-corrected chi connectivity index (χ0v) is 19.9. The number of rotatable bonds is 6. The fourth-order valence-electron chi connectivity index (χ4n) is 3.47. The summed E-state index contributed by atoms with van der Waals surface area (Å²) in [5.74, 6) is 0.177. The summed E-state index contributed by atoms with van der Waals surface area (Å²) >= 11 is 18.1. The standard InChI is InChI=1S/C22H26Cl2N4O2S/c1-3-27-10-12-28(13-11-27)20-16(23)6-5-7-18(20)25-22(31)26-21(29)15-8-9-19(30-4-2)17(24)14-15/h5-9,14H,3-4,10-13H2,1-2H3,(H2,25,26,29,31). The van der Waals surface area contributed by atoms with E-state index in [4.69, 9.17) is 40.2 Å². The Morgan fingerprint density at radius 1 is 1.10 bits per heavy atom. The molecule has 0 aliphatic carbocycles. The SMILES string of the molecule is CCOc1ccc(C(=O)NC(=S)Nc2cccc(Cl)c2N2CCN(CC)CC2)cc1Cl. The second-order valence-electron chi connectivity index (χ2n) is 7.04. The largest absolute Gasteiger partial charge is 0.492 e. The van der Waals surface area contributed by atoms with Crippen molar-refractivity contribution in [1.29, 1.82) is 0 Å². The number of ether oxygens (including phenoxy) is 1. The summed E-state index contributed by atoms with van der Waals surface area (Å²) in [6.45, 7) is 9.25. The van der Waals surface area contributed by atoms with Crippen molar-refractivity contribution < 1.29 is 9.53 Å². The molecule has 0 bridgehead atoms. The zero-order valence-electron chi connectivity index (χ0n) is 17.6. The Kier molecular flexibility index (Phi) is 8.37. The fraction of sp³-hybridized carbons (Fsp3) is 0.364. The molecular weight excluding hydrogens is 455 g/mol. The molecule has 1 aliphatic heterocycles. The molecule has 1 aliphatic rings. The first-order valence-corrected chi connectivity index (χ1v) is 11.4. The number of carbonyl (C=O) groups is 1. The van der Waals surface area contributed by atoms with Crippen molar-refractivity contribution in [3.05, 3.63) is 52.0 Å².